The smallest absolute Gasteiger partial charge is 0.309 e. The first-order valence-electron chi connectivity index (χ1n) is 12.1. The Labute approximate surface area is 205 Å². The van der Waals surface area contributed by atoms with Gasteiger partial charge in [0.15, 0.2) is 0 Å². The molecule has 0 radical (unpaired) electrons. The number of halogens is 1. The maximum atomic E-state index is 13.8. The predicted molar refractivity (Wildman–Crippen MR) is 131 cm³/mol. The van der Waals surface area contributed by atoms with Crippen LogP contribution < -0.4 is 0 Å². The van der Waals surface area contributed by atoms with E-state index >= 15 is 0 Å². The standard InChI is InChI=1S/C28H29FN4O2/c29-24-11-9-23(10-12-24)20-31-18-14-28(15-19-31)26(34)32(21-25-8-4-5-16-30-25)27(35)33(28)17-13-22-6-2-1-3-7-22/h1-12,16H,13-15,17-21H2. The molecule has 7 heteroatoms. The second-order valence-electron chi connectivity index (χ2n) is 9.32. The van der Waals surface area contributed by atoms with E-state index < -0.39 is 5.54 Å². The summed E-state index contributed by atoms with van der Waals surface area (Å²) in [5.41, 5.74) is 2.04. The van der Waals surface area contributed by atoms with Crippen molar-refractivity contribution in [1.82, 2.24) is 19.7 Å². The number of pyridine rings is 1. The molecule has 1 spiro atoms. The van der Waals surface area contributed by atoms with Gasteiger partial charge in [0.1, 0.15) is 11.4 Å². The van der Waals surface area contributed by atoms with Gasteiger partial charge in [0.05, 0.1) is 12.2 Å². The van der Waals surface area contributed by atoms with Crippen LogP contribution in [-0.2, 0) is 24.3 Å². The molecule has 2 fully saturated rings. The fraction of sp³-hybridized carbons (Fsp3) is 0.321. The van der Waals surface area contributed by atoms with Gasteiger partial charge in [0.2, 0.25) is 0 Å². The molecule has 35 heavy (non-hydrogen) atoms. The molecule has 0 unspecified atom stereocenters. The van der Waals surface area contributed by atoms with E-state index in [1.54, 1.807) is 23.2 Å². The first-order chi connectivity index (χ1) is 17.0. The van der Waals surface area contributed by atoms with Gasteiger partial charge in [-0.1, -0.05) is 48.5 Å². The largest absolute Gasteiger partial charge is 0.328 e. The van der Waals surface area contributed by atoms with Gasteiger partial charge in [-0.25, -0.2) is 9.18 Å². The fourth-order valence-corrected chi connectivity index (χ4v) is 5.18. The number of imide groups is 1. The van der Waals surface area contributed by atoms with Crippen LogP contribution in [0.15, 0.2) is 79.0 Å². The lowest BCUT2D eigenvalue weighted by atomic mass is 9.85. The van der Waals surface area contributed by atoms with Crippen LogP contribution in [0.3, 0.4) is 0 Å². The zero-order chi connectivity index (χ0) is 24.3. The number of nitrogens with zero attached hydrogens (tertiary/aromatic N) is 4. The zero-order valence-electron chi connectivity index (χ0n) is 19.6. The van der Waals surface area contributed by atoms with Crippen molar-refractivity contribution in [1.29, 1.82) is 0 Å². The number of carbonyl (C=O) groups excluding carboxylic acids is 2. The topological polar surface area (TPSA) is 56.8 Å². The molecule has 0 atom stereocenters. The summed E-state index contributed by atoms with van der Waals surface area (Å²) < 4.78 is 13.3. The van der Waals surface area contributed by atoms with E-state index in [9.17, 15) is 14.0 Å². The lowest BCUT2D eigenvalue weighted by Crippen LogP contribution is -2.56. The normalized spacial score (nSPS) is 18.0. The highest BCUT2D eigenvalue weighted by Crippen LogP contribution is 2.38. The van der Waals surface area contributed by atoms with E-state index in [2.05, 4.69) is 9.88 Å². The summed E-state index contributed by atoms with van der Waals surface area (Å²) in [7, 11) is 0. The Morgan fingerprint density at radius 2 is 1.54 bits per heavy atom. The number of carbonyl (C=O) groups is 2. The number of likely N-dealkylation sites (tertiary alicyclic amines) is 1. The van der Waals surface area contributed by atoms with Gasteiger partial charge >= 0.3 is 6.03 Å². The maximum absolute atomic E-state index is 13.8. The summed E-state index contributed by atoms with van der Waals surface area (Å²) in [6.07, 6.45) is 3.52. The molecule has 2 saturated heterocycles. The van der Waals surface area contributed by atoms with Crippen molar-refractivity contribution in [2.24, 2.45) is 0 Å². The van der Waals surface area contributed by atoms with Crippen LogP contribution in [0.25, 0.3) is 0 Å². The van der Waals surface area contributed by atoms with Gasteiger partial charge in [-0.2, -0.15) is 0 Å². The maximum Gasteiger partial charge on any atom is 0.328 e. The molecule has 6 nitrogen and oxygen atoms in total. The highest BCUT2D eigenvalue weighted by Gasteiger charge is 2.57. The van der Waals surface area contributed by atoms with Crippen LogP contribution in [-0.4, -0.2) is 56.8 Å². The van der Waals surface area contributed by atoms with Gasteiger partial charge in [-0.05, 0) is 54.7 Å². The van der Waals surface area contributed by atoms with E-state index in [-0.39, 0.29) is 24.3 Å². The first kappa shape index (κ1) is 23.2. The minimum absolute atomic E-state index is 0.123. The number of urea groups is 1. The lowest BCUT2D eigenvalue weighted by Gasteiger charge is -2.42. The molecule has 0 aliphatic carbocycles. The number of benzene rings is 2. The highest BCUT2D eigenvalue weighted by molar-refractivity contribution is 6.07. The van der Waals surface area contributed by atoms with Crippen molar-refractivity contribution in [2.75, 3.05) is 19.6 Å². The Bertz CT molecular complexity index is 1160. The molecule has 0 N–H and O–H groups in total. The predicted octanol–water partition coefficient (Wildman–Crippen LogP) is 4.26. The average Bonchev–Trinajstić information content (AvgIpc) is 3.07. The second-order valence-corrected chi connectivity index (χ2v) is 9.32. The van der Waals surface area contributed by atoms with Crippen molar-refractivity contribution in [3.8, 4) is 0 Å². The van der Waals surface area contributed by atoms with Crippen molar-refractivity contribution in [3.63, 3.8) is 0 Å². The number of hydrogen-bond acceptors (Lipinski definition) is 4. The molecule has 3 aromatic rings. The fourth-order valence-electron chi connectivity index (χ4n) is 5.18. The van der Waals surface area contributed by atoms with Crippen LogP contribution >= 0.6 is 0 Å². The molecule has 5 rings (SSSR count). The van der Waals surface area contributed by atoms with Crippen molar-refractivity contribution in [3.05, 3.63) is 102 Å². The lowest BCUT2D eigenvalue weighted by molar-refractivity contribution is -0.136. The summed E-state index contributed by atoms with van der Waals surface area (Å²) in [6, 6.07) is 21.9. The Hall–Kier alpha value is -3.58. The molecule has 2 aromatic carbocycles. The Morgan fingerprint density at radius 1 is 0.829 bits per heavy atom. The zero-order valence-corrected chi connectivity index (χ0v) is 19.6. The minimum atomic E-state index is -0.833. The molecule has 1 aromatic heterocycles. The summed E-state index contributed by atoms with van der Waals surface area (Å²) in [5.74, 6) is -0.369. The second kappa shape index (κ2) is 9.96. The van der Waals surface area contributed by atoms with Crippen molar-refractivity contribution in [2.45, 2.75) is 37.9 Å². The van der Waals surface area contributed by atoms with Gasteiger partial charge in [-0.15, -0.1) is 0 Å². The van der Waals surface area contributed by atoms with Gasteiger partial charge in [0.25, 0.3) is 5.91 Å². The van der Waals surface area contributed by atoms with Crippen molar-refractivity contribution >= 4 is 11.9 Å². The van der Waals surface area contributed by atoms with E-state index in [0.717, 1.165) is 11.1 Å². The third-order valence-corrected chi connectivity index (χ3v) is 7.14. The molecular formula is C28H29FN4O2. The van der Waals surface area contributed by atoms with Crippen LogP contribution in [0.5, 0.6) is 0 Å². The van der Waals surface area contributed by atoms with Crippen molar-refractivity contribution < 1.29 is 14.0 Å². The average molecular weight is 473 g/mol. The quantitative estimate of drug-likeness (QED) is 0.482. The molecule has 180 valence electrons. The Morgan fingerprint density at radius 3 is 2.23 bits per heavy atom. The number of aromatic nitrogens is 1. The van der Waals surface area contributed by atoms with Gasteiger partial charge in [-0.3, -0.25) is 19.6 Å². The molecule has 2 aliphatic rings. The third kappa shape index (κ3) is 4.82. The molecule has 2 aliphatic heterocycles. The molecule has 0 saturated carbocycles. The molecule has 0 bridgehead atoms. The monoisotopic (exact) mass is 472 g/mol. The van der Waals surface area contributed by atoms with Gasteiger partial charge < -0.3 is 4.90 Å². The summed E-state index contributed by atoms with van der Waals surface area (Å²) >= 11 is 0. The summed E-state index contributed by atoms with van der Waals surface area (Å²) in [6.45, 7) is 2.75. The van der Waals surface area contributed by atoms with E-state index in [0.29, 0.717) is 51.1 Å². The van der Waals surface area contributed by atoms with Gasteiger partial charge in [0, 0.05) is 32.4 Å². The SMILES string of the molecule is O=C1N(Cc2ccccn2)C(=O)C2(CCN(Cc3ccc(F)cc3)CC2)N1CCc1ccccc1. The van der Waals surface area contributed by atoms with Crippen LogP contribution in [0, 0.1) is 5.82 Å². The van der Waals surface area contributed by atoms with E-state index in [4.69, 9.17) is 0 Å². The number of rotatable bonds is 7. The minimum Gasteiger partial charge on any atom is -0.309 e. The molecular weight excluding hydrogens is 443 g/mol. The van der Waals surface area contributed by atoms with Crippen LogP contribution in [0.4, 0.5) is 9.18 Å². The van der Waals surface area contributed by atoms with Crippen LogP contribution in [0.2, 0.25) is 0 Å². The molecule has 3 heterocycles. The Balaban J connectivity index is 1.34. The summed E-state index contributed by atoms with van der Waals surface area (Å²) in [4.78, 5) is 37.2. The van der Waals surface area contributed by atoms with Crippen LogP contribution in [0.1, 0.15) is 29.7 Å². The summed E-state index contributed by atoms with van der Waals surface area (Å²) in [5, 5.41) is 0. The number of hydrogen-bond donors (Lipinski definition) is 0. The number of amides is 3. The van der Waals surface area contributed by atoms with E-state index in [1.807, 2.05) is 48.5 Å². The Kier molecular flexibility index (Phi) is 6.59. The highest BCUT2D eigenvalue weighted by atomic mass is 19.1. The van der Waals surface area contributed by atoms with E-state index in [1.165, 1.54) is 17.0 Å². The third-order valence-electron chi connectivity index (χ3n) is 7.14. The first-order valence-corrected chi connectivity index (χ1v) is 12.1. The molecule has 3 amide bonds. The number of piperidine rings is 1.